The summed E-state index contributed by atoms with van der Waals surface area (Å²) in [5.41, 5.74) is 4.09. The second kappa shape index (κ2) is 6.93. The van der Waals surface area contributed by atoms with Crippen molar-refractivity contribution in [2.75, 3.05) is 13.7 Å². The molecule has 1 aliphatic rings. The highest BCUT2D eigenvalue weighted by atomic mass is 35.5. The van der Waals surface area contributed by atoms with Gasteiger partial charge in [0.05, 0.1) is 29.7 Å². The van der Waals surface area contributed by atoms with E-state index in [0.29, 0.717) is 41.6 Å². The summed E-state index contributed by atoms with van der Waals surface area (Å²) in [6.07, 6.45) is 4.29. The van der Waals surface area contributed by atoms with E-state index in [2.05, 4.69) is 15.1 Å². The van der Waals surface area contributed by atoms with Gasteiger partial charge in [0.15, 0.2) is 0 Å². The van der Waals surface area contributed by atoms with Crippen molar-refractivity contribution in [3.05, 3.63) is 70.6 Å². The number of benzene rings is 1. The highest BCUT2D eigenvalue weighted by Gasteiger charge is 2.28. The topological polar surface area (TPSA) is 76.0 Å². The van der Waals surface area contributed by atoms with Gasteiger partial charge in [-0.3, -0.25) is 4.79 Å². The van der Waals surface area contributed by atoms with Crippen LogP contribution in [-0.2, 0) is 13.0 Å². The SMILES string of the molecule is COc1nc2[nH]ccc2cc1C(=O)N1CCc2c(cnn2-c2ccccc2Cl)C1. The first kappa shape index (κ1) is 17.8. The zero-order valence-corrected chi connectivity index (χ0v) is 16.5. The second-order valence-electron chi connectivity index (χ2n) is 6.92. The number of H-pyrrole nitrogens is 1. The van der Waals surface area contributed by atoms with Crippen LogP contribution in [0.15, 0.2) is 48.8 Å². The summed E-state index contributed by atoms with van der Waals surface area (Å²) in [5.74, 6) is 0.219. The third-order valence-corrected chi connectivity index (χ3v) is 5.55. The maximum Gasteiger partial charge on any atom is 0.259 e. The fraction of sp³-hybridized carbons (Fsp3) is 0.190. The molecule has 0 atom stereocenters. The maximum atomic E-state index is 13.2. The number of amides is 1. The number of hydrogen-bond donors (Lipinski definition) is 1. The lowest BCUT2D eigenvalue weighted by molar-refractivity contribution is 0.0730. The van der Waals surface area contributed by atoms with Crippen LogP contribution < -0.4 is 4.74 Å². The number of hydrogen-bond acceptors (Lipinski definition) is 4. The van der Waals surface area contributed by atoms with E-state index in [1.54, 1.807) is 11.1 Å². The third kappa shape index (κ3) is 2.94. The number of pyridine rings is 1. The maximum absolute atomic E-state index is 13.2. The molecule has 0 saturated carbocycles. The number of carbonyl (C=O) groups excluding carboxylic acids is 1. The van der Waals surface area contributed by atoms with Crippen molar-refractivity contribution in [3.63, 3.8) is 0 Å². The normalized spacial score (nSPS) is 13.5. The van der Waals surface area contributed by atoms with Crippen LogP contribution in [-0.4, -0.2) is 44.2 Å². The van der Waals surface area contributed by atoms with Gasteiger partial charge in [-0.05, 0) is 24.3 Å². The van der Waals surface area contributed by atoms with Crippen LogP contribution in [0.1, 0.15) is 21.6 Å². The van der Waals surface area contributed by atoms with Crippen LogP contribution in [0.3, 0.4) is 0 Å². The molecule has 4 heterocycles. The predicted octanol–water partition coefficient (Wildman–Crippen LogP) is 3.61. The molecule has 7 nitrogen and oxygen atoms in total. The molecule has 8 heteroatoms. The smallest absolute Gasteiger partial charge is 0.259 e. The predicted molar refractivity (Wildman–Crippen MR) is 110 cm³/mol. The Morgan fingerprint density at radius 2 is 2.14 bits per heavy atom. The Morgan fingerprint density at radius 1 is 1.28 bits per heavy atom. The van der Waals surface area contributed by atoms with Gasteiger partial charge in [-0.2, -0.15) is 10.1 Å². The van der Waals surface area contributed by atoms with Crippen LogP contribution >= 0.6 is 11.6 Å². The Balaban J connectivity index is 1.46. The Kier molecular flexibility index (Phi) is 4.24. The van der Waals surface area contributed by atoms with Crippen LogP contribution in [0.25, 0.3) is 16.7 Å². The number of halogens is 1. The zero-order chi connectivity index (χ0) is 20.0. The van der Waals surface area contributed by atoms with E-state index in [1.807, 2.05) is 47.3 Å². The summed E-state index contributed by atoms with van der Waals surface area (Å²) < 4.78 is 7.24. The molecular weight excluding hydrogens is 390 g/mol. The molecule has 1 N–H and O–H groups in total. The fourth-order valence-corrected chi connectivity index (χ4v) is 4.00. The van der Waals surface area contributed by atoms with E-state index in [-0.39, 0.29) is 5.91 Å². The molecule has 1 amide bonds. The van der Waals surface area contributed by atoms with Crippen molar-refractivity contribution in [2.24, 2.45) is 0 Å². The van der Waals surface area contributed by atoms with Gasteiger partial charge >= 0.3 is 0 Å². The molecule has 1 aromatic carbocycles. The number of para-hydroxylation sites is 1. The Labute approximate surface area is 171 Å². The van der Waals surface area contributed by atoms with E-state index in [0.717, 1.165) is 22.3 Å². The lowest BCUT2D eigenvalue weighted by Gasteiger charge is -2.28. The van der Waals surface area contributed by atoms with Crippen molar-refractivity contribution < 1.29 is 9.53 Å². The summed E-state index contributed by atoms with van der Waals surface area (Å²) >= 11 is 6.34. The number of fused-ring (bicyclic) bond motifs is 2. The van der Waals surface area contributed by atoms with Crippen LogP contribution in [0.2, 0.25) is 5.02 Å². The Morgan fingerprint density at radius 3 is 2.97 bits per heavy atom. The minimum atomic E-state index is -0.103. The molecule has 0 unspecified atom stereocenters. The largest absolute Gasteiger partial charge is 0.480 e. The molecule has 0 spiro atoms. The molecule has 3 aromatic heterocycles. The minimum Gasteiger partial charge on any atom is -0.480 e. The minimum absolute atomic E-state index is 0.103. The highest BCUT2D eigenvalue weighted by Crippen LogP contribution is 2.28. The molecule has 1 aliphatic heterocycles. The average Bonchev–Trinajstić information content (AvgIpc) is 3.38. The molecular formula is C21H18ClN5O2. The number of ether oxygens (including phenoxy) is 1. The first-order valence-corrected chi connectivity index (χ1v) is 9.65. The number of carbonyl (C=O) groups is 1. The number of rotatable bonds is 3. The quantitative estimate of drug-likeness (QED) is 0.563. The summed E-state index contributed by atoms with van der Waals surface area (Å²) in [5, 5.41) is 6.04. The van der Waals surface area contributed by atoms with Crippen molar-refractivity contribution in [1.29, 1.82) is 0 Å². The number of aromatic amines is 1. The first-order valence-electron chi connectivity index (χ1n) is 9.28. The highest BCUT2D eigenvalue weighted by molar-refractivity contribution is 6.32. The Bertz CT molecular complexity index is 1230. The van der Waals surface area contributed by atoms with Gasteiger partial charge in [-0.1, -0.05) is 23.7 Å². The summed E-state index contributed by atoms with van der Waals surface area (Å²) in [6.45, 7) is 1.06. The van der Waals surface area contributed by atoms with Crippen molar-refractivity contribution in [3.8, 4) is 11.6 Å². The van der Waals surface area contributed by atoms with E-state index in [4.69, 9.17) is 16.3 Å². The Hall–Kier alpha value is -3.32. The molecule has 4 aromatic rings. The average molecular weight is 408 g/mol. The van der Waals surface area contributed by atoms with Gasteiger partial charge < -0.3 is 14.6 Å². The summed E-state index contributed by atoms with van der Waals surface area (Å²) in [7, 11) is 1.52. The van der Waals surface area contributed by atoms with Gasteiger partial charge in [0.25, 0.3) is 5.91 Å². The van der Waals surface area contributed by atoms with Gasteiger partial charge in [-0.25, -0.2) is 4.68 Å². The number of nitrogens with one attached hydrogen (secondary N) is 1. The second-order valence-corrected chi connectivity index (χ2v) is 7.32. The molecule has 0 saturated heterocycles. The van der Waals surface area contributed by atoms with Gasteiger partial charge in [0, 0.05) is 36.7 Å². The van der Waals surface area contributed by atoms with Gasteiger partial charge in [-0.15, -0.1) is 0 Å². The number of methoxy groups -OCH3 is 1. The summed E-state index contributed by atoms with van der Waals surface area (Å²) in [4.78, 5) is 22.5. The van der Waals surface area contributed by atoms with E-state index >= 15 is 0 Å². The summed E-state index contributed by atoms with van der Waals surface area (Å²) in [6, 6.07) is 11.3. The third-order valence-electron chi connectivity index (χ3n) is 5.23. The van der Waals surface area contributed by atoms with Crippen LogP contribution in [0.5, 0.6) is 5.88 Å². The lowest BCUT2D eigenvalue weighted by atomic mass is 10.1. The number of nitrogens with zero attached hydrogens (tertiary/aromatic N) is 4. The number of aromatic nitrogens is 4. The fourth-order valence-electron chi connectivity index (χ4n) is 3.78. The molecule has 0 radical (unpaired) electrons. The zero-order valence-electron chi connectivity index (χ0n) is 15.7. The molecule has 0 aliphatic carbocycles. The molecule has 0 bridgehead atoms. The van der Waals surface area contributed by atoms with E-state index in [1.165, 1.54) is 7.11 Å². The van der Waals surface area contributed by atoms with E-state index < -0.39 is 0 Å². The first-order chi connectivity index (χ1) is 14.2. The van der Waals surface area contributed by atoms with Crippen LogP contribution in [0, 0.1) is 0 Å². The van der Waals surface area contributed by atoms with Crippen LogP contribution in [0.4, 0.5) is 0 Å². The molecule has 0 fully saturated rings. The standard InChI is InChI=1S/C21H18ClN5O2/c1-29-20-15(10-13-6-8-23-19(13)25-20)21(28)26-9-7-17-14(12-26)11-24-27(17)18-5-3-2-4-16(18)22/h2-6,8,10-11H,7,9,12H2,1H3,(H,23,25). The van der Waals surface area contributed by atoms with Gasteiger partial charge in [0.2, 0.25) is 5.88 Å². The van der Waals surface area contributed by atoms with Crippen molar-refractivity contribution >= 4 is 28.5 Å². The monoisotopic (exact) mass is 407 g/mol. The van der Waals surface area contributed by atoms with E-state index in [9.17, 15) is 4.79 Å². The van der Waals surface area contributed by atoms with Crippen molar-refractivity contribution in [2.45, 2.75) is 13.0 Å². The van der Waals surface area contributed by atoms with Gasteiger partial charge in [0.1, 0.15) is 11.2 Å². The lowest BCUT2D eigenvalue weighted by Crippen LogP contribution is -2.36. The molecule has 29 heavy (non-hydrogen) atoms. The molecule has 146 valence electrons. The molecule has 5 rings (SSSR count). The van der Waals surface area contributed by atoms with Crippen molar-refractivity contribution in [1.82, 2.24) is 24.6 Å².